The van der Waals surface area contributed by atoms with Gasteiger partial charge < -0.3 is 5.84 Å². The lowest BCUT2D eigenvalue weighted by Gasteiger charge is -2.06. The quantitative estimate of drug-likeness (QED) is 0.253. The number of rotatable bonds is 7. The molecule has 8 heteroatoms. The molecule has 1 aromatic heterocycles. The van der Waals surface area contributed by atoms with Crippen LogP contribution in [0.15, 0.2) is 69.3 Å². The Kier molecular flexibility index (Phi) is 6.30. The van der Waals surface area contributed by atoms with Crippen LogP contribution in [0.3, 0.4) is 0 Å². The van der Waals surface area contributed by atoms with Crippen LogP contribution in [0.4, 0.5) is 5.95 Å². The van der Waals surface area contributed by atoms with Crippen LogP contribution < -0.4 is 11.3 Å². The molecule has 0 amide bonds. The van der Waals surface area contributed by atoms with Crippen molar-refractivity contribution in [2.24, 2.45) is 5.10 Å². The highest BCUT2D eigenvalue weighted by Gasteiger charge is 2.10. The largest absolute Gasteiger partial charge is 0.334 e. The summed E-state index contributed by atoms with van der Waals surface area (Å²) in [6.45, 7) is 2.06. The number of thioether (sulfide) groups is 1. The molecule has 1 heterocycles. The molecule has 3 rings (SSSR count). The predicted octanol–water partition coefficient (Wildman–Crippen LogP) is 4.27. The molecule has 0 saturated heterocycles. The molecule has 0 radical (unpaired) electrons. The Bertz CT molecular complexity index is 894. The molecule has 0 aliphatic heterocycles. The van der Waals surface area contributed by atoms with Gasteiger partial charge in [-0.25, -0.2) is 10.1 Å². The molecule has 26 heavy (non-hydrogen) atoms. The van der Waals surface area contributed by atoms with Gasteiger partial charge in [0, 0.05) is 10.2 Å². The first-order chi connectivity index (χ1) is 12.7. The maximum Gasteiger partial charge on any atom is 0.264 e. The Morgan fingerprint density at radius 3 is 2.73 bits per heavy atom. The van der Waals surface area contributed by atoms with Crippen molar-refractivity contribution in [3.05, 3.63) is 70.2 Å². The van der Waals surface area contributed by atoms with E-state index in [1.807, 2.05) is 42.5 Å². The van der Waals surface area contributed by atoms with Crippen molar-refractivity contribution < 1.29 is 0 Å². The third kappa shape index (κ3) is 4.64. The van der Waals surface area contributed by atoms with Crippen LogP contribution in [0.25, 0.3) is 0 Å². The van der Waals surface area contributed by atoms with E-state index < -0.39 is 0 Å². The zero-order valence-electron chi connectivity index (χ0n) is 14.3. The molecule has 3 aromatic rings. The molecule has 6 nitrogen and oxygen atoms in total. The SMILES string of the molecule is CC/C(=N\Nc1nnc(SCc2cccc(Br)c2)n1N)c1ccccc1. The minimum absolute atomic E-state index is 0.406. The number of nitrogens with zero attached hydrogens (tertiary/aromatic N) is 4. The summed E-state index contributed by atoms with van der Waals surface area (Å²) in [5.41, 5.74) is 6.09. The van der Waals surface area contributed by atoms with Gasteiger partial charge in [0.1, 0.15) is 0 Å². The van der Waals surface area contributed by atoms with E-state index in [9.17, 15) is 0 Å². The van der Waals surface area contributed by atoms with Gasteiger partial charge in [-0.2, -0.15) is 5.10 Å². The number of aromatic nitrogens is 3. The molecule has 0 fully saturated rings. The van der Waals surface area contributed by atoms with E-state index in [-0.39, 0.29) is 0 Å². The normalized spacial score (nSPS) is 11.5. The van der Waals surface area contributed by atoms with Gasteiger partial charge in [0.2, 0.25) is 5.16 Å². The van der Waals surface area contributed by atoms with Gasteiger partial charge in [-0.05, 0) is 29.7 Å². The monoisotopic (exact) mass is 430 g/mol. The zero-order chi connectivity index (χ0) is 18.4. The fourth-order valence-electron chi connectivity index (χ4n) is 2.32. The molecule has 0 saturated carbocycles. The zero-order valence-corrected chi connectivity index (χ0v) is 16.7. The Morgan fingerprint density at radius 1 is 1.19 bits per heavy atom. The first-order valence-corrected chi connectivity index (χ1v) is 9.91. The van der Waals surface area contributed by atoms with Gasteiger partial charge in [0.15, 0.2) is 0 Å². The van der Waals surface area contributed by atoms with Crippen molar-refractivity contribution in [2.75, 3.05) is 11.3 Å². The van der Waals surface area contributed by atoms with E-state index in [4.69, 9.17) is 5.84 Å². The van der Waals surface area contributed by atoms with Crippen LogP contribution >= 0.6 is 27.7 Å². The second-order valence-electron chi connectivity index (χ2n) is 5.48. The number of nitrogen functional groups attached to an aromatic ring is 1. The third-order valence-corrected chi connectivity index (χ3v) is 5.16. The number of hydrogen-bond acceptors (Lipinski definition) is 6. The van der Waals surface area contributed by atoms with E-state index in [0.29, 0.717) is 11.1 Å². The summed E-state index contributed by atoms with van der Waals surface area (Å²) in [7, 11) is 0. The molecule has 0 aliphatic carbocycles. The lowest BCUT2D eigenvalue weighted by atomic mass is 10.1. The Morgan fingerprint density at radius 2 is 2.00 bits per heavy atom. The summed E-state index contributed by atoms with van der Waals surface area (Å²) in [4.78, 5) is 0. The molecule has 0 atom stereocenters. The minimum Gasteiger partial charge on any atom is -0.334 e. The maximum atomic E-state index is 6.09. The Hall–Kier alpha value is -2.32. The standard InChI is InChI=1S/C18H19BrN6S/c1-2-16(14-8-4-3-5-9-14)21-22-17-23-24-18(25(17)20)26-12-13-7-6-10-15(19)11-13/h3-11H,2,12,20H2,1H3,(H,22,23)/b21-16+. The highest BCUT2D eigenvalue weighted by molar-refractivity contribution is 9.10. The van der Waals surface area contributed by atoms with E-state index >= 15 is 0 Å². The van der Waals surface area contributed by atoms with Crippen molar-refractivity contribution in [3.63, 3.8) is 0 Å². The van der Waals surface area contributed by atoms with E-state index in [0.717, 1.165) is 27.9 Å². The highest BCUT2D eigenvalue weighted by atomic mass is 79.9. The Labute approximate surface area is 165 Å². The van der Waals surface area contributed by atoms with Crippen LogP contribution in [0, 0.1) is 0 Å². The number of benzene rings is 2. The lowest BCUT2D eigenvalue weighted by molar-refractivity contribution is 0.846. The van der Waals surface area contributed by atoms with Gasteiger partial charge >= 0.3 is 0 Å². The van der Waals surface area contributed by atoms with Crippen molar-refractivity contribution in [1.82, 2.24) is 14.9 Å². The number of halogens is 1. The average Bonchev–Trinajstić information content (AvgIpc) is 3.01. The van der Waals surface area contributed by atoms with Crippen LogP contribution in [-0.2, 0) is 5.75 Å². The summed E-state index contributed by atoms with van der Waals surface area (Å²) in [6, 6.07) is 18.1. The first kappa shape index (κ1) is 18.5. The van der Waals surface area contributed by atoms with Gasteiger partial charge in [-0.1, -0.05) is 77.1 Å². The van der Waals surface area contributed by atoms with Crippen LogP contribution in [-0.4, -0.2) is 20.6 Å². The van der Waals surface area contributed by atoms with Crippen LogP contribution in [0.1, 0.15) is 24.5 Å². The van der Waals surface area contributed by atoms with Crippen LogP contribution in [0.5, 0.6) is 0 Å². The van der Waals surface area contributed by atoms with Crippen molar-refractivity contribution in [3.8, 4) is 0 Å². The average molecular weight is 431 g/mol. The van der Waals surface area contributed by atoms with Gasteiger partial charge in [-0.3, -0.25) is 0 Å². The van der Waals surface area contributed by atoms with E-state index in [1.54, 1.807) is 0 Å². The smallest absolute Gasteiger partial charge is 0.264 e. The molecular weight excluding hydrogens is 412 g/mol. The molecule has 3 N–H and O–H groups in total. The van der Waals surface area contributed by atoms with E-state index in [2.05, 4.69) is 55.7 Å². The summed E-state index contributed by atoms with van der Waals surface area (Å²) in [5, 5.41) is 13.3. The van der Waals surface area contributed by atoms with Crippen molar-refractivity contribution >= 4 is 39.4 Å². The molecule has 0 spiro atoms. The van der Waals surface area contributed by atoms with Gasteiger partial charge in [0.05, 0.1) is 5.71 Å². The number of hydrogen-bond donors (Lipinski definition) is 2. The summed E-state index contributed by atoms with van der Waals surface area (Å²) in [5.74, 6) is 7.25. The second-order valence-corrected chi connectivity index (χ2v) is 7.34. The third-order valence-electron chi connectivity index (χ3n) is 3.65. The second kappa shape index (κ2) is 8.86. The molecule has 2 aromatic carbocycles. The summed E-state index contributed by atoms with van der Waals surface area (Å²) in [6.07, 6.45) is 0.792. The lowest BCUT2D eigenvalue weighted by Crippen LogP contribution is -2.14. The molecule has 134 valence electrons. The molecule has 0 unspecified atom stereocenters. The number of anilines is 1. The van der Waals surface area contributed by atoms with Crippen molar-refractivity contribution in [1.29, 1.82) is 0 Å². The number of hydrazone groups is 1. The number of nitrogens with two attached hydrogens (primary N) is 1. The summed E-state index contributed by atoms with van der Waals surface area (Å²) < 4.78 is 2.47. The topological polar surface area (TPSA) is 81.1 Å². The first-order valence-electron chi connectivity index (χ1n) is 8.13. The molecule has 0 aliphatic rings. The molecule has 0 bridgehead atoms. The highest BCUT2D eigenvalue weighted by Crippen LogP contribution is 2.23. The summed E-state index contributed by atoms with van der Waals surface area (Å²) >= 11 is 5.00. The van der Waals surface area contributed by atoms with Gasteiger partial charge in [-0.15, -0.1) is 10.2 Å². The van der Waals surface area contributed by atoms with Crippen molar-refractivity contribution in [2.45, 2.75) is 24.3 Å². The fourth-order valence-corrected chi connectivity index (χ4v) is 3.57. The fraction of sp³-hybridized carbons (Fsp3) is 0.167. The Balaban J connectivity index is 1.67. The maximum absolute atomic E-state index is 6.09. The predicted molar refractivity (Wildman–Crippen MR) is 111 cm³/mol. The van der Waals surface area contributed by atoms with Gasteiger partial charge in [0.25, 0.3) is 5.95 Å². The molecular formula is C18H19BrN6S. The van der Waals surface area contributed by atoms with Crippen LogP contribution in [0.2, 0.25) is 0 Å². The van der Waals surface area contributed by atoms with E-state index in [1.165, 1.54) is 22.0 Å². The minimum atomic E-state index is 0.406. The number of nitrogens with one attached hydrogen (secondary N) is 1.